The summed E-state index contributed by atoms with van der Waals surface area (Å²) >= 11 is 0. The van der Waals surface area contributed by atoms with Crippen molar-refractivity contribution in [2.45, 2.75) is 46.5 Å². The number of hydrogen-bond acceptors (Lipinski definition) is 2. The van der Waals surface area contributed by atoms with Gasteiger partial charge in [-0.25, -0.2) is 9.97 Å². The summed E-state index contributed by atoms with van der Waals surface area (Å²) in [4.78, 5) is 8.86. The number of hydrogen-bond donors (Lipinski definition) is 0. The van der Waals surface area contributed by atoms with Gasteiger partial charge < -0.3 is 0 Å². The molecule has 2 heteroatoms. The van der Waals surface area contributed by atoms with Crippen LogP contribution in [-0.2, 0) is 11.8 Å². The highest BCUT2D eigenvalue weighted by molar-refractivity contribution is 5.12. The Labute approximate surface area is 86.8 Å². The van der Waals surface area contributed by atoms with Gasteiger partial charge in [0.15, 0.2) is 0 Å². The van der Waals surface area contributed by atoms with Crippen molar-refractivity contribution in [1.82, 2.24) is 9.97 Å². The molecule has 0 bridgehead atoms. The van der Waals surface area contributed by atoms with Crippen molar-refractivity contribution >= 4 is 0 Å². The molecule has 1 aromatic heterocycles. The predicted octanol–water partition coefficient (Wildman–Crippen LogP) is 2.97. The van der Waals surface area contributed by atoms with Crippen LogP contribution < -0.4 is 0 Å². The van der Waals surface area contributed by atoms with E-state index in [-0.39, 0.29) is 5.41 Å². The van der Waals surface area contributed by atoms with E-state index in [4.69, 9.17) is 0 Å². The summed E-state index contributed by atoms with van der Waals surface area (Å²) in [5, 5.41) is 0. The van der Waals surface area contributed by atoms with Crippen LogP contribution in [0.15, 0.2) is 12.3 Å². The van der Waals surface area contributed by atoms with Crippen molar-refractivity contribution in [3.05, 3.63) is 23.8 Å². The van der Waals surface area contributed by atoms with Gasteiger partial charge in [-0.15, -0.1) is 0 Å². The molecule has 0 spiro atoms. The molecular weight excluding hydrogens is 172 g/mol. The molecule has 0 aliphatic rings. The molecule has 1 rings (SSSR count). The Bertz CT molecular complexity index is 297. The summed E-state index contributed by atoms with van der Waals surface area (Å²) in [5.74, 6) is 1.58. The summed E-state index contributed by atoms with van der Waals surface area (Å²) in [6.07, 6.45) is 2.83. The van der Waals surface area contributed by atoms with Crippen LogP contribution in [0.25, 0.3) is 0 Å². The Hall–Kier alpha value is -0.920. The fourth-order valence-electron chi connectivity index (χ4n) is 1.28. The van der Waals surface area contributed by atoms with Crippen molar-refractivity contribution in [3.63, 3.8) is 0 Å². The van der Waals surface area contributed by atoms with Crippen molar-refractivity contribution in [2.75, 3.05) is 0 Å². The fourth-order valence-corrected chi connectivity index (χ4v) is 1.28. The van der Waals surface area contributed by atoms with Crippen molar-refractivity contribution in [3.8, 4) is 0 Å². The molecule has 0 unspecified atom stereocenters. The van der Waals surface area contributed by atoms with E-state index in [2.05, 4.69) is 44.6 Å². The SMILES string of the molecule is CC(C)Cc1nccc(C(C)(C)C)n1. The smallest absolute Gasteiger partial charge is 0.128 e. The quantitative estimate of drug-likeness (QED) is 0.720. The van der Waals surface area contributed by atoms with Gasteiger partial charge in [0.05, 0.1) is 0 Å². The lowest BCUT2D eigenvalue weighted by molar-refractivity contribution is 0.551. The molecule has 0 N–H and O–H groups in total. The monoisotopic (exact) mass is 192 g/mol. The molecule has 1 aromatic rings. The van der Waals surface area contributed by atoms with Gasteiger partial charge in [0.1, 0.15) is 5.82 Å². The maximum absolute atomic E-state index is 4.57. The third kappa shape index (κ3) is 3.09. The molecule has 78 valence electrons. The molecular formula is C12H20N2. The second-order valence-corrected chi connectivity index (χ2v) is 5.21. The zero-order valence-corrected chi connectivity index (χ0v) is 9.83. The molecule has 0 amide bonds. The molecule has 1 heterocycles. The van der Waals surface area contributed by atoms with Crippen LogP contribution in [0.1, 0.15) is 46.1 Å². The van der Waals surface area contributed by atoms with Gasteiger partial charge in [-0.05, 0) is 12.0 Å². The van der Waals surface area contributed by atoms with Gasteiger partial charge in [0.25, 0.3) is 0 Å². The first-order valence-corrected chi connectivity index (χ1v) is 5.22. The van der Waals surface area contributed by atoms with Gasteiger partial charge in [0, 0.05) is 23.7 Å². The highest BCUT2D eigenvalue weighted by Gasteiger charge is 2.15. The third-order valence-corrected chi connectivity index (χ3v) is 2.06. The summed E-state index contributed by atoms with van der Waals surface area (Å²) < 4.78 is 0. The summed E-state index contributed by atoms with van der Waals surface area (Å²) in [5.41, 5.74) is 1.25. The van der Waals surface area contributed by atoms with Gasteiger partial charge in [-0.3, -0.25) is 0 Å². The first-order valence-electron chi connectivity index (χ1n) is 5.22. The van der Waals surface area contributed by atoms with E-state index < -0.39 is 0 Å². The normalized spacial score (nSPS) is 12.1. The molecule has 0 aromatic carbocycles. The Morgan fingerprint density at radius 3 is 2.43 bits per heavy atom. The van der Waals surface area contributed by atoms with Crippen LogP contribution in [0, 0.1) is 5.92 Å². The van der Waals surface area contributed by atoms with E-state index >= 15 is 0 Å². The lowest BCUT2D eigenvalue weighted by Gasteiger charge is -2.18. The van der Waals surface area contributed by atoms with Crippen LogP contribution in [0.3, 0.4) is 0 Å². The molecule has 2 nitrogen and oxygen atoms in total. The average Bonchev–Trinajstić information content (AvgIpc) is 2.01. The zero-order valence-electron chi connectivity index (χ0n) is 9.83. The van der Waals surface area contributed by atoms with E-state index in [1.54, 1.807) is 0 Å². The molecule has 0 aliphatic heterocycles. The molecule has 0 saturated carbocycles. The van der Waals surface area contributed by atoms with Gasteiger partial charge in [0.2, 0.25) is 0 Å². The molecule has 0 fully saturated rings. The molecule has 0 atom stereocenters. The lowest BCUT2D eigenvalue weighted by atomic mass is 9.92. The van der Waals surface area contributed by atoms with E-state index in [0.717, 1.165) is 17.9 Å². The average molecular weight is 192 g/mol. The van der Waals surface area contributed by atoms with Crippen molar-refractivity contribution in [2.24, 2.45) is 5.92 Å². The van der Waals surface area contributed by atoms with Crippen LogP contribution in [0.4, 0.5) is 0 Å². The Morgan fingerprint density at radius 2 is 1.93 bits per heavy atom. The van der Waals surface area contributed by atoms with Crippen LogP contribution in [-0.4, -0.2) is 9.97 Å². The van der Waals surface area contributed by atoms with Crippen molar-refractivity contribution in [1.29, 1.82) is 0 Å². The molecule has 0 radical (unpaired) electrons. The third-order valence-electron chi connectivity index (χ3n) is 2.06. The fraction of sp³-hybridized carbons (Fsp3) is 0.667. The van der Waals surface area contributed by atoms with E-state index in [1.807, 2.05) is 12.3 Å². The lowest BCUT2D eigenvalue weighted by Crippen LogP contribution is -2.15. The topological polar surface area (TPSA) is 25.8 Å². The van der Waals surface area contributed by atoms with Crippen LogP contribution >= 0.6 is 0 Å². The van der Waals surface area contributed by atoms with Crippen LogP contribution in [0.5, 0.6) is 0 Å². The number of rotatable bonds is 2. The first kappa shape index (κ1) is 11.2. The maximum Gasteiger partial charge on any atom is 0.128 e. The van der Waals surface area contributed by atoms with Gasteiger partial charge in [-0.1, -0.05) is 34.6 Å². The Morgan fingerprint density at radius 1 is 1.29 bits per heavy atom. The van der Waals surface area contributed by atoms with E-state index in [0.29, 0.717) is 5.92 Å². The minimum atomic E-state index is 0.120. The Kier molecular flexibility index (Phi) is 3.25. The standard InChI is InChI=1S/C12H20N2/c1-9(2)8-11-13-7-6-10(14-11)12(3,4)5/h6-7,9H,8H2,1-5H3. The number of nitrogens with zero attached hydrogens (tertiary/aromatic N) is 2. The maximum atomic E-state index is 4.57. The second-order valence-electron chi connectivity index (χ2n) is 5.21. The van der Waals surface area contributed by atoms with Crippen molar-refractivity contribution < 1.29 is 0 Å². The Balaban J connectivity index is 2.90. The summed E-state index contributed by atoms with van der Waals surface area (Å²) in [6.45, 7) is 10.9. The molecule has 0 saturated heterocycles. The minimum absolute atomic E-state index is 0.120. The highest BCUT2D eigenvalue weighted by atomic mass is 14.9. The second kappa shape index (κ2) is 4.07. The molecule has 14 heavy (non-hydrogen) atoms. The first-order chi connectivity index (χ1) is 6.39. The summed E-state index contributed by atoms with van der Waals surface area (Å²) in [7, 11) is 0. The summed E-state index contributed by atoms with van der Waals surface area (Å²) in [6, 6.07) is 2.00. The van der Waals surface area contributed by atoms with Gasteiger partial charge in [-0.2, -0.15) is 0 Å². The molecule has 0 aliphatic carbocycles. The van der Waals surface area contributed by atoms with Gasteiger partial charge >= 0.3 is 0 Å². The number of aromatic nitrogens is 2. The van der Waals surface area contributed by atoms with E-state index in [1.165, 1.54) is 0 Å². The van der Waals surface area contributed by atoms with E-state index in [9.17, 15) is 0 Å². The van der Waals surface area contributed by atoms with Crippen LogP contribution in [0.2, 0.25) is 0 Å². The highest BCUT2D eigenvalue weighted by Crippen LogP contribution is 2.19. The predicted molar refractivity (Wildman–Crippen MR) is 59.3 cm³/mol. The largest absolute Gasteiger partial charge is 0.241 e. The minimum Gasteiger partial charge on any atom is -0.241 e. The zero-order chi connectivity index (χ0) is 10.8.